The molecule has 3 aromatic rings. The van der Waals surface area contributed by atoms with Gasteiger partial charge in [0.15, 0.2) is 5.65 Å². The first-order valence-electron chi connectivity index (χ1n) is 10.9. The van der Waals surface area contributed by atoms with Crippen LogP contribution < -0.4 is 4.90 Å². The van der Waals surface area contributed by atoms with Gasteiger partial charge in [0.2, 0.25) is 0 Å². The number of thiophene rings is 1. The first-order valence-corrected chi connectivity index (χ1v) is 11.8. The Labute approximate surface area is 180 Å². The van der Waals surface area contributed by atoms with Gasteiger partial charge in [-0.1, -0.05) is 11.3 Å². The number of hydrogen-bond donors (Lipinski definition) is 0. The monoisotopic (exact) mass is 418 g/mol. The predicted molar refractivity (Wildman–Crippen MR) is 121 cm³/mol. The van der Waals surface area contributed by atoms with E-state index in [1.165, 1.54) is 16.9 Å². The van der Waals surface area contributed by atoms with Gasteiger partial charge in [0.05, 0.1) is 5.54 Å². The summed E-state index contributed by atoms with van der Waals surface area (Å²) in [6.07, 6.45) is 11.0. The van der Waals surface area contributed by atoms with Crippen LogP contribution in [-0.4, -0.2) is 38.3 Å². The molecular formula is C23H26N6S. The van der Waals surface area contributed by atoms with Gasteiger partial charge in [-0.3, -0.25) is 4.99 Å². The summed E-state index contributed by atoms with van der Waals surface area (Å²) in [5, 5.41) is 11.1. The normalized spacial score (nSPS) is 28.0. The van der Waals surface area contributed by atoms with E-state index in [0.29, 0.717) is 11.8 Å². The Morgan fingerprint density at radius 2 is 2.23 bits per heavy atom. The van der Waals surface area contributed by atoms with Crippen LogP contribution in [0.25, 0.3) is 11.2 Å². The predicted octanol–water partition coefficient (Wildman–Crippen LogP) is 4.27. The highest BCUT2D eigenvalue weighted by molar-refractivity contribution is 7.10. The van der Waals surface area contributed by atoms with Crippen molar-refractivity contribution < 1.29 is 0 Å². The Morgan fingerprint density at radius 1 is 1.27 bits per heavy atom. The number of hydrogen-bond acceptors (Lipinski definition) is 6. The van der Waals surface area contributed by atoms with Crippen molar-refractivity contribution in [2.24, 2.45) is 16.8 Å². The molecule has 0 saturated heterocycles. The number of aliphatic imine (C=N–C) groups is 1. The van der Waals surface area contributed by atoms with Gasteiger partial charge < -0.3 is 4.90 Å². The maximum atomic E-state index is 5.01. The molecule has 2 aliphatic heterocycles. The summed E-state index contributed by atoms with van der Waals surface area (Å²) in [6, 6.07) is 6.41. The van der Waals surface area contributed by atoms with E-state index in [0.717, 1.165) is 55.9 Å². The second kappa shape index (κ2) is 7.01. The topological polar surface area (TPSA) is 59.2 Å². The van der Waals surface area contributed by atoms with Gasteiger partial charge in [-0.2, -0.15) is 0 Å². The Kier molecular flexibility index (Phi) is 4.26. The van der Waals surface area contributed by atoms with Crippen molar-refractivity contribution in [1.29, 1.82) is 0 Å². The maximum Gasteiger partial charge on any atom is 0.180 e. The lowest BCUT2D eigenvalue weighted by Gasteiger charge is -2.41. The van der Waals surface area contributed by atoms with E-state index in [-0.39, 0.29) is 5.54 Å². The summed E-state index contributed by atoms with van der Waals surface area (Å²) in [7, 11) is 0. The third-order valence-corrected chi connectivity index (χ3v) is 8.17. The fraction of sp³-hybridized carbons (Fsp3) is 0.478. The number of aromatic nitrogens is 4. The summed E-state index contributed by atoms with van der Waals surface area (Å²) in [4.78, 5) is 13.7. The lowest BCUT2D eigenvalue weighted by Crippen LogP contribution is -2.40. The summed E-state index contributed by atoms with van der Waals surface area (Å²) in [6.45, 7) is 5.13. The van der Waals surface area contributed by atoms with Crippen molar-refractivity contribution in [3.63, 3.8) is 0 Å². The molecule has 0 aromatic carbocycles. The second-order valence-corrected chi connectivity index (χ2v) is 10.1. The third-order valence-electron chi connectivity index (χ3n) is 7.15. The van der Waals surface area contributed by atoms with E-state index >= 15 is 0 Å². The van der Waals surface area contributed by atoms with Crippen molar-refractivity contribution in [2.45, 2.75) is 51.2 Å². The minimum atomic E-state index is 0.0792. The van der Waals surface area contributed by atoms with Crippen molar-refractivity contribution in [3.05, 3.63) is 46.2 Å². The molecule has 0 bridgehead atoms. The first kappa shape index (κ1) is 18.2. The van der Waals surface area contributed by atoms with Crippen LogP contribution in [0.2, 0.25) is 0 Å². The molecule has 3 aliphatic rings. The summed E-state index contributed by atoms with van der Waals surface area (Å²) < 4.78 is 2.03. The number of dihydropyridines is 1. The summed E-state index contributed by atoms with van der Waals surface area (Å²) >= 11 is 1.87. The summed E-state index contributed by atoms with van der Waals surface area (Å²) in [5.41, 5.74) is 3.31. The van der Waals surface area contributed by atoms with E-state index in [2.05, 4.69) is 57.9 Å². The van der Waals surface area contributed by atoms with Gasteiger partial charge in [-0.25, -0.2) is 9.67 Å². The van der Waals surface area contributed by atoms with E-state index < -0.39 is 0 Å². The van der Waals surface area contributed by atoms with Crippen LogP contribution in [-0.2, 0) is 19.5 Å². The van der Waals surface area contributed by atoms with Crippen LogP contribution in [0.5, 0.6) is 0 Å². The fourth-order valence-electron chi connectivity index (χ4n) is 5.25. The molecule has 3 aromatic heterocycles. The molecule has 1 fully saturated rings. The first-order chi connectivity index (χ1) is 14.7. The molecule has 30 heavy (non-hydrogen) atoms. The molecule has 1 aliphatic carbocycles. The van der Waals surface area contributed by atoms with Gasteiger partial charge in [-0.05, 0) is 73.7 Å². The molecule has 6 rings (SSSR count). The van der Waals surface area contributed by atoms with Gasteiger partial charge in [0.25, 0.3) is 0 Å². The molecule has 0 spiro atoms. The smallest absolute Gasteiger partial charge is 0.180 e. The molecule has 0 amide bonds. The zero-order valence-corrected chi connectivity index (χ0v) is 18.1. The molecule has 7 heteroatoms. The van der Waals surface area contributed by atoms with Crippen LogP contribution >= 0.6 is 11.3 Å². The van der Waals surface area contributed by atoms with E-state index in [9.17, 15) is 0 Å². The largest absolute Gasteiger partial charge is 0.352 e. The standard InChI is InChI=1S/C23H26N6S/c1-23-9-6-16(13-18(23)3-2-10-24-23)14-29-22-19(26-27-29)4-5-21(25-22)28-11-7-20-17(15-28)8-12-30-20/h2-5,8,10,12,16,18H,6-7,9,11,13-15H2,1H3. The molecule has 154 valence electrons. The highest BCUT2D eigenvalue weighted by Crippen LogP contribution is 2.42. The van der Waals surface area contributed by atoms with Crippen LogP contribution in [0, 0.1) is 11.8 Å². The minimum absolute atomic E-state index is 0.0792. The molecule has 3 unspecified atom stereocenters. The minimum Gasteiger partial charge on any atom is -0.352 e. The van der Waals surface area contributed by atoms with Gasteiger partial charge >= 0.3 is 0 Å². The van der Waals surface area contributed by atoms with Crippen molar-refractivity contribution in [3.8, 4) is 0 Å². The van der Waals surface area contributed by atoms with Gasteiger partial charge in [-0.15, -0.1) is 16.4 Å². The number of pyridine rings is 1. The number of nitrogens with zero attached hydrogens (tertiary/aromatic N) is 6. The molecule has 1 saturated carbocycles. The Morgan fingerprint density at radius 3 is 3.20 bits per heavy atom. The van der Waals surface area contributed by atoms with Crippen LogP contribution in [0.3, 0.4) is 0 Å². The van der Waals surface area contributed by atoms with Crippen LogP contribution in [0.15, 0.2) is 40.7 Å². The fourth-order valence-corrected chi connectivity index (χ4v) is 6.14. The zero-order chi connectivity index (χ0) is 20.1. The second-order valence-electron chi connectivity index (χ2n) is 9.09. The van der Waals surface area contributed by atoms with Crippen LogP contribution in [0.1, 0.15) is 36.6 Å². The average Bonchev–Trinajstić information content (AvgIpc) is 3.40. The molecule has 0 N–H and O–H groups in total. The van der Waals surface area contributed by atoms with Crippen LogP contribution in [0.4, 0.5) is 5.82 Å². The Balaban J connectivity index is 1.23. The third kappa shape index (κ3) is 3.07. The van der Waals surface area contributed by atoms with E-state index in [1.54, 1.807) is 0 Å². The molecule has 6 nitrogen and oxygen atoms in total. The highest BCUT2D eigenvalue weighted by Gasteiger charge is 2.39. The molecule has 3 atom stereocenters. The Hall–Kier alpha value is -2.54. The van der Waals surface area contributed by atoms with E-state index in [1.807, 2.05) is 22.2 Å². The van der Waals surface area contributed by atoms with Crippen molar-refractivity contribution in [1.82, 2.24) is 20.0 Å². The molecule has 0 radical (unpaired) electrons. The van der Waals surface area contributed by atoms with Crippen molar-refractivity contribution >= 4 is 34.5 Å². The average molecular weight is 419 g/mol. The Bertz CT molecular complexity index is 1140. The lowest BCUT2D eigenvalue weighted by molar-refractivity contribution is 0.177. The van der Waals surface area contributed by atoms with Gasteiger partial charge in [0, 0.05) is 36.6 Å². The maximum absolute atomic E-state index is 5.01. The number of fused-ring (bicyclic) bond motifs is 3. The molecule has 5 heterocycles. The van der Waals surface area contributed by atoms with Gasteiger partial charge in [0.1, 0.15) is 11.3 Å². The number of anilines is 1. The summed E-state index contributed by atoms with van der Waals surface area (Å²) in [5.74, 6) is 2.14. The van der Waals surface area contributed by atoms with E-state index in [4.69, 9.17) is 9.98 Å². The lowest BCUT2D eigenvalue weighted by atomic mass is 9.69. The van der Waals surface area contributed by atoms with Crippen molar-refractivity contribution in [2.75, 3.05) is 11.4 Å². The quantitative estimate of drug-likeness (QED) is 0.637. The number of allylic oxidation sites excluding steroid dienone is 1. The zero-order valence-electron chi connectivity index (χ0n) is 17.2. The highest BCUT2D eigenvalue weighted by atomic mass is 32.1. The SMILES string of the molecule is CC12CCC(Cn3nnc4ccc(N5CCc6sccc6C5)nc43)CC1C=CC=N2. The molecular weight excluding hydrogens is 392 g/mol. The number of rotatable bonds is 3.